The molecule has 0 fully saturated rings. The van der Waals surface area contributed by atoms with Crippen LogP contribution in [0.5, 0.6) is 0 Å². The highest BCUT2D eigenvalue weighted by Crippen LogP contribution is 2.43. The molecule has 3 amide bonds. The van der Waals surface area contributed by atoms with Gasteiger partial charge in [0.15, 0.2) is 0 Å². The third-order valence-electron chi connectivity index (χ3n) is 9.64. The Morgan fingerprint density at radius 1 is 1.00 bits per heavy atom. The van der Waals surface area contributed by atoms with Gasteiger partial charge in [0.2, 0.25) is 17.7 Å². The number of amides is 3. The largest absolute Gasteiger partial charge is 0.416 e. The molecule has 0 bridgehead atoms. The molecule has 1 aliphatic heterocycles. The van der Waals surface area contributed by atoms with Gasteiger partial charge in [-0.15, -0.1) is 0 Å². The van der Waals surface area contributed by atoms with Crippen LogP contribution in [0.4, 0.5) is 13.2 Å². The number of aromatic nitrogens is 2. The van der Waals surface area contributed by atoms with Gasteiger partial charge in [0.1, 0.15) is 17.1 Å². The van der Waals surface area contributed by atoms with Gasteiger partial charge in [-0.1, -0.05) is 58.1 Å². The van der Waals surface area contributed by atoms with Crippen molar-refractivity contribution < 1.29 is 27.6 Å². The van der Waals surface area contributed by atoms with Crippen molar-refractivity contribution >= 4 is 74.6 Å². The summed E-state index contributed by atoms with van der Waals surface area (Å²) in [4.78, 5) is 51.9. The summed E-state index contributed by atoms with van der Waals surface area (Å²) < 4.78 is 44.6. The maximum atomic E-state index is 14.6. The van der Waals surface area contributed by atoms with E-state index in [1.54, 1.807) is 18.3 Å². The fraction of sp³-hybridized carbons (Fsp3) is 0.421. The highest BCUT2D eigenvalue weighted by Gasteiger charge is 2.37. The molecular formula is C38H45ClF3IN8O3S. The Balaban J connectivity index is 1.64. The minimum atomic E-state index is -4.78. The van der Waals surface area contributed by atoms with Gasteiger partial charge in [-0.25, -0.2) is 4.98 Å². The number of carbonyl (C=O) groups excluding carboxylic acids is 3. The minimum absolute atomic E-state index is 0.0312. The first-order valence-electron chi connectivity index (χ1n) is 18.0. The van der Waals surface area contributed by atoms with Crippen molar-refractivity contribution in [3.63, 3.8) is 0 Å². The molecule has 2 aromatic heterocycles. The van der Waals surface area contributed by atoms with Gasteiger partial charge in [-0.2, -0.15) is 13.2 Å². The van der Waals surface area contributed by atoms with Gasteiger partial charge in [0, 0.05) is 59.2 Å². The van der Waals surface area contributed by atoms with Gasteiger partial charge >= 0.3 is 6.18 Å². The number of H-pyrrole nitrogens is 1. The van der Waals surface area contributed by atoms with Crippen molar-refractivity contribution in [3.8, 4) is 0 Å². The van der Waals surface area contributed by atoms with Crippen molar-refractivity contribution in [3.05, 3.63) is 87.7 Å². The Morgan fingerprint density at radius 2 is 1.76 bits per heavy atom. The molecule has 0 saturated heterocycles. The van der Waals surface area contributed by atoms with E-state index in [1.807, 2.05) is 18.2 Å². The number of carbonyl (C=O) groups is 3. The number of nitrogens with one attached hydrogen (secondary N) is 4. The molecular weight excluding hydrogens is 868 g/mol. The van der Waals surface area contributed by atoms with Crippen LogP contribution in [-0.2, 0) is 44.5 Å². The van der Waals surface area contributed by atoms with Gasteiger partial charge in [-0.3, -0.25) is 14.4 Å². The number of halogens is 5. The van der Waals surface area contributed by atoms with Gasteiger partial charge < -0.3 is 37.3 Å². The Hall–Kier alpha value is -3.42. The van der Waals surface area contributed by atoms with Crippen molar-refractivity contribution in [2.45, 2.75) is 90.3 Å². The van der Waals surface area contributed by atoms with Crippen molar-refractivity contribution in [2.24, 2.45) is 11.5 Å². The second-order valence-corrected chi connectivity index (χ2v) is 15.6. The predicted octanol–water partition coefficient (Wildman–Crippen LogP) is 5.83. The van der Waals surface area contributed by atoms with Gasteiger partial charge in [0.25, 0.3) is 0 Å². The number of hydrogen-bond acceptors (Lipinski definition) is 8. The van der Waals surface area contributed by atoms with Crippen LogP contribution in [0.3, 0.4) is 0 Å². The van der Waals surface area contributed by atoms with E-state index in [0.717, 1.165) is 44.3 Å². The standard InChI is InChI=1S/C38H45ClF3IN8O3S/c1-51-32(17-24-20-47-29-12-9-22(18-43)16-25(24)29)35(53)49-21-26-27(38(40,41)42)10-11-28(39)33(26)55-36-23(6-5-15-46-36)19-48-30(8-4-14-45)34(52)50-31(37(51)54)7-2-3-13-44/h5-6,9-12,15-16,20,30-32,47-48H,2-4,7-8,13-14,17-19,21,44-45H2,1H3,(H,49,53)(H,50,52)/t30-,31-,32-/m0/s1. The second-order valence-electron chi connectivity index (χ2n) is 13.4. The maximum absolute atomic E-state index is 14.6. The first-order valence-corrected chi connectivity index (χ1v) is 20.7. The molecule has 8 N–H and O–H groups in total. The molecule has 0 radical (unpaired) electrons. The zero-order valence-corrected chi connectivity index (χ0v) is 34.0. The van der Waals surface area contributed by atoms with Crippen molar-refractivity contribution in [1.82, 2.24) is 30.8 Å². The van der Waals surface area contributed by atoms with E-state index in [-0.39, 0.29) is 34.9 Å². The maximum Gasteiger partial charge on any atom is 0.416 e. The average Bonchev–Trinajstić information content (AvgIpc) is 3.57. The quantitative estimate of drug-likeness (QED) is 0.0656. The Labute approximate surface area is 340 Å². The summed E-state index contributed by atoms with van der Waals surface area (Å²) in [5, 5.41) is 10.2. The summed E-state index contributed by atoms with van der Waals surface area (Å²) in [5.74, 6) is -1.64. The van der Waals surface area contributed by atoms with E-state index in [4.69, 9.17) is 23.1 Å². The summed E-state index contributed by atoms with van der Waals surface area (Å²) in [6.07, 6.45) is 0.752. The zero-order valence-electron chi connectivity index (χ0n) is 30.3. The minimum Gasteiger partial charge on any atom is -0.361 e. The molecule has 11 nitrogen and oxygen atoms in total. The third kappa shape index (κ3) is 10.7. The van der Waals surface area contributed by atoms with E-state index in [0.29, 0.717) is 49.4 Å². The number of aromatic amines is 1. The van der Waals surface area contributed by atoms with Crippen LogP contribution in [0.2, 0.25) is 5.02 Å². The lowest BCUT2D eigenvalue weighted by molar-refractivity contribution is -0.142. The van der Waals surface area contributed by atoms with Gasteiger partial charge in [-0.05, 0) is 97.8 Å². The highest BCUT2D eigenvalue weighted by atomic mass is 127. The predicted molar refractivity (Wildman–Crippen MR) is 217 cm³/mol. The number of fused-ring (bicyclic) bond motifs is 3. The second kappa shape index (κ2) is 19.6. The van der Waals surface area contributed by atoms with Crippen LogP contribution in [0.25, 0.3) is 10.9 Å². The molecule has 55 heavy (non-hydrogen) atoms. The average molecular weight is 913 g/mol. The third-order valence-corrected chi connectivity index (χ3v) is 12.2. The van der Waals surface area contributed by atoms with Crippen LogP contribution in [0.1, 0.15) is 59.9 Å². The van der Waals surface area contributed by atoms with E-state index in [2.05, 4.69) is 48.5 Å². The lowest BCUT2D eigenvalue weighted by Crippen LogP contribution is -2.57. The van der Waals surface area contributed by atoms with E-state index >= 15 is 0 Å². The Kier molecular flexibility index (Phi) is 15.2. The summed E-state index contributed by atoms with van der Waals surface area (Å²) in [6, 6.07) is 8.46. The molecule has 296 valence electrons. The molecule has 0 saturated carbocycles. The molecule has 3 heterocycles. The number of benzene rings is 2. The molecule has 17 heteroatoms. The van der Waals surface area contributed by atoms with Crippen LogP contribution in [-0.4, -0.2) is 70.9 Å². The van der Waals surface area contributed by atoms with Gasteiger partial charge in [0.05, 0.1) is 16.6 Å². The molecule has 3 atom stereocenters. The molecule has 0 unspecified atom stereocenters. The summed E-state index contributed by atoms with van der Waals surface area (Å²) in [7, 11) is 1.47. The molecule has 0 spiro atoms. The smallest absolute Gasteiger partial charge is 0.361 e. The fourth-order valence-corrected chi connectivity index (χ4v) is 8.40. The van der Waals surface area contributed by atoms with Crippen molar-refractivity contribution in [2.75, 3.05) is 20.1 Å². The SMILES string of the molecule is CN1C(=O)[C@H](CCCCN)NC(=O)[C@H](CCCN)NCc2cccnc2Sc2c(Cl)ccc(C(F)(F)F)c2CNC(=O)[C@@H]1Cc1c[nH]c2ccc(CI)cc12. The lowest BCUT2D eigenvalue weighted by atomic mass is 10.00. The number of likely N-dealkylation sites (N-methyl/N-ethyl adjacent to an activating group) is 1. The van der Waals surface area contributed by atoms with Crippen LogP contribution in [0.15, 0.2) is 64.8 Å². The molecule has 1 aliphatic rings. The first kappa shape index (κ1) is 42.7. The number of pyridine rings is 1. The molecule has 0 aliphatic carbocycles. The number of unbranched alkanes of at least 4 members (excludes halogenated alkanes) is 1. The van der Waals surface area contributed by atoms with Crippen LogP contribution < -0.4 is 27.4 Å². The number of nitrogens with zero attached hydrogens (tertiary/aromatic N) is 2. The van der Waals surface area contributed by atoms with E-state index in [1.165, 1.54) is 24.2 Å². The topological polar surface area (TPSA) is 171 Å². The normalized spacial score (nSPS) is 19.1. The molecule has 4 aromatic rings. The number of alkyl halides is 4. The summed E-state index contributed by atoms with van der Waals surface area (Å²) in [5.41, 5.74) is 13.6. The van der Waals surface area contributed by atoms with Crippen LogP contribution >= 0.6 is 46.0 Å². The zero-order chi connectivity index (χ0) is 39.7. The highest BCUT2D eigenvalue weighted by molar-refractivity contribution is 14.1. The van der Waals surface area contributed by atoms with Crippen molar-refractivity contribution in [1.29, 1.82) is 0 Å². The lowest BCUT2D eigenvalue weighted by Gasteiger charge is -2.32. The van der Waals surface area contributed by atoms with E-state index < -0.39 is 54.1 Å². The van der Waals surface area contributed by atoms with Crippen LogP contribution in [0, 0.1) is 0 Å². The molecule has 5 rings (SSSR count). The Morgan fingerprint density at radius 3 is 2.49 bits per heavy atom. The number of rotatable bonds is 10. The van der Waals surface area contributed by atoms with E-state index in [9.17, 15) is 27.6 Å². The summed E-state index contributed by atoms with van der Waals surface area (Å²) in [6.45, 7) is 0.286. The summed E-state index contributed by atoms with van der Waals surface area (Å²) >= 11 is 9.83. The number of nitrogens with two attached hydrogens (primary N) is 2. The monoisotopic (exact) mass is 912 g/mol. The molecule has 2 aromatic carbocycles. The Bertz CT molecular complexity index is 1980. The first-order chi connectivity index (χ1) is 26.4. The number of hydrogen-bond donors (Lipinski definition) is 6. The fourth-order valence-electron chi connectivity index (χ4n) is 6.59.